The quantitative estimate of drug-likeness (QED) is 0.351. The average Bonchev–Trinajstić information content (AvgIpc) is 3.16. The lowest BCUT2D eigenvalue weighted by molar-refractivity contribution is -0.244. The summed E-state index contributed by atoms with van der Waals surface area (Å²) in [7, 11) is 1.90. The minimum atomic E-state index is -0.423. The van der Waals surface area contributed by atoms with Gasteiger partial charge in [-0.3, -0.25) is 15.4 Å². The molecule has 0 radical (unpaired) electrons. The number of hydrogen-bond acceptors (Lipinski definition) is 7. The van der Waals surface area contributed by atoms with Crippen LogP contribution in [0.5, 0.6) is 0 Å². The fourth-order valence-electron chi connectivity index (χ4n) is 3.69. The van der Waals surface area contributed by atoms with Crippen LogP contribution in [0.15, 0.2) is 48.7 Å². The fourth-order valence-corrected chi connectivity index (χ4v) is 4.16. The number of para-hydroxylation sites is 1. The van der Waals surface area contributed by atoms with E-state index in [2.05, 4.69) is 21.4 Å². The van der Waals surface area contributed by atoms with Crippen molar-refractivity contribution in [2.24, 2.45) is 7.05 Å². The van der Waals surface area contributed by atoms with Crippen LogP contribution in [-0.4, -0.2) is 34.9 Å². The molecule has 2 fully saturated rings. The van der Waals surface area contributed by atoms with Gasteiger partial charge < -0.3 is 9.88 Å². The number of fused-ring (bicyclic) bond motifs is 2. The number of halogens is 2. The van der Waals surface area contributed by atoms with Crippen LogP contribution >= 0.6 is 23.2 Å². The van der Waals surface area contributed by atoms with E-state index in [9.17, 15) is 4.79 Å². The Labute approximate surface area is 188 Å². The molecule has 3 atom stereocenters. The van der Waals surface area contributed by atoms with Crippen molar-refractivity contribution in [3.8, 4) is 0 Å². The molecule has 1 aromatic heterocycles. The zero-order valence-corrected chi connectivity index (χ0v) is 17.9. The Balaban J connectivity index is 1.37. The molecule has 5 rings (SSSR count). The molecular weight excluding hydrogens is 443 g/mol. The Hall–Kier alpha value is -2.37. The van der Waals surface area contributed by atoms with Crippen LogP contribution < -0.4 is 26.7 Å². The first kappa shape index (κ1) is 20.5. The molecule has 3 unspecified atom stereocenters. The van der Waals surface area contributed by atoms with Crippen molar-refractivity contribution in [2.75, 3.05) is 17.1 Å². The number of nitrogens with zero attached hydrogens (tertiary/aromatic N) is 2. The molecule has 0 bridgehead atoms. The van der Waals surface area contributed by atoms with Crippen LogP contribution in [0.25, 0.3) is 10.9 Å². The van der Waals surface area contributed by atoms with Gasteiger partial charge in [-0.1, -0.05) is 29.8 Å². The Bertz CT molecular complexity index is 1140. The number of rotatable bonds is 3. The molecule has 0 spiro atoms. The van der Waals surface area contributed by atoms with E-state index in [1.807, 2.05) is 36.0 Å². The second kappa shape index (κ2) is 8.29. The average molecular weight is 463 g/mol. The van der Waals surface area contributed by atoms with Crippen LogP contribution in [-0.2, 0) is 16.8 Å². The molecule has 2 aromatic carbocycles. The number of anilines is 2. The molecule has 4 N–H and O–H groups in total. The third kappa shape index (κ3) is 3.85. The first-order chi connectivity index (χ1) is 15.0. The SMILES string of the molecule is Cn1ccc2cccc(C(=O)Nc3cccc(N4ONC5NC(Cl)CNC5O4)c3Cl)c21. The molecular formula is C20H20Cl2N6O3. The zero-order valence-electron chi connectivity index (χ0n) is 16.4. The van der Waals surface area contributed by atoms with E-state index < -0.39 is 6.23 Å². The zero-order chi connectivity index (χ0) is 21.5. The van der Waals surface area contributed by atoms with Gasteiger partial charge in [-0.2, -0.15) is 10.4 Å². The predicted octanol–water partition coefficient (Wildman–Crippen LogP) is 2.68. The Kier molecular flexibility index (Phi) is 5.49. The number of aromatic nitrogens is 1. The maximum atomic E-state index is 13.0. The molecule has 2 saturated heterocycles. The van der Waals surface area contributed by atoms with E-state index in [4.69, 9.17) is 33.0 Å². The highest BCUT2D eigenvalue weighted by Gasteiger charge is 2.37. The first-order valence-electron chi connectivity index (χ1n) is 9.68. The number of amides is 1. The highest BCUT2D eigenvalue weighted by Crippen LogP contribution is 2.35. The van der Waals surface area contributed by atoms with Crippen molar-refractivity contribution >= 4 is 51.4 Å². The molecule has 3 aromatic rings. The number of carbonyl (C=O) groups excluding carboxylic acids is 1. The van der Waals surface area contributed by atoms with Gasteiger partial charge in [-0.05, 0) is 24.3 Å². The largest absolute Gasteiger partial charge is 0.350 e. The highest BCUT2D eigenvalue weighted by molar-refractivity contribution is 6.36. The third-order valence-corrected chi connectivity index (χ3v) is 5.88. The van der Waals surface area contributed by atoms with Gasteiger partial charge in [0.05, 0.1) is 27.3 Å². The number of alkyl halides is 1. The molecule has 3 heterocycles. The summed E-state index contributed by atoms with van der Waals surface area (Å²) in [6.07, 6.45) is 1.16. The normalized spacial score (nSPS) is 23.6. The number of carbonyl (C=O) groups is 1. The minimum absolute atomic E-state index is 0.247. The van der Waals surface area contributed by atoms with Crippen LogP contribution in [0.1, 0.15) is 10.4 Å². The molecule has 0 saturated carbocycles. The van der Waals surface area contributed by atoms with E-state index in [1.54, 1.807) is 24.3 Å². The van der Waals surface area contributed by atoms with Crippen LogP contribution in [0.4, 0.5) is 11.4 Å². The van der Waals surface area contributed by atoms with E-state index in [1.165, 1.54) is 5.23 Å². The van der Waals surface area contributed by atoms with Gasteiger partial charge in [-0.15, -0.1) is 16.8 Å². The fraction of sp³-hybridized carbons (Fsp3) is 0.250. The van der Waals surface area contributed by atoms with Gasteiger partial charge in [0, 0.05) is 25.2 Å². The Morgan fingerprint density at radius 2 is 2.06 bits per heavy atom. The van der Waals surface area contributed by atoms with Gasteiger partial charge in [0.25, 0.3) is 5.91 Å². The summed E-state index contributed by atoms with van der Waals surface area (Å²) in [4.78, 5) is 24.3. The van der Waals surface area contributed by atoms with Gasteiger partial charge in [0.15, 0.2) is 6.23 Å². The molecule has 1 amide bonds. The van der Waals surface area contributed by atoms with Crippen molar-refractivity contribution in [3.63, 3.8) is 0 Å². The molecule has 0 aliphatic carbocycles. The van der Waals surface area contributed by atoms with Gasteiger partial charge in [0.2, 0.25) is 0 Å². The van der Waals surface area contributed by atoms with Crippen molar-refractivity contribution < 1.29 is 14.6 Å². The van der Waals surface area contributed by atoms with Crippen LogP contribution in [0.2, 0.25) is 5.02 Å². The smallest absolute Gasteiger partial charge is 0.257 e. The summed E-state index contributed by atoms with van der Waals surface area (Å²) in [5, 5.41) is 11.6. The predicted molar refractivity (Wildman–Crippen MR) is 118 cm³/mol. The lowest BCUT2D eigenvalue weighted by Crippen LogP contribution is -2.70. The molecule has 9 nitrogen and oxygen atoms in total. The van der Waals surface area contributed by atoms with Gasteiger partial charge in [0.1, 0.15) is 11.9 Å². The van der Waals surface area contributed by atoms with Crippen molar-refractivity contribution in [1.29, 1.82) is 0 Å². The number of piperazine rings is 1. The topological polar surface area (TPSA) is 91.8 Å². The number of hydrogen-bond donors (Lipinski definition) is 4. The third-order valence-electron chi connectivity index (χ3n) is 5.20. The lowest BCUT2D eigenvalue weighted by atomic mass is 10.1. The molecule has 31 heavy (non-hydrogen) atoms. The number of nitrogens with one attached hydrogen (secondary N) is 4. The maximum Gasteiger partial charge on any atom is 0.257 e. The van der Waals surface area contributed by atoms with Gasteiger partial charge in [-0.25, -0.2) is 4.84 Å². The highest BCUT2D eigenvalue weighted by atomic mass is 35.5. The first-order valence-corrected chi connectivity index (χ1v) is 10.5. The Morgan fingerprint density at radius 1 is 1.23 bits per heavy atom. The molecule has 2 aliphatic rings. The second-order valence-electron chi connectivity index (χ2n) is 7.28. The monoisotopic (exact) mass is 462 g/mol. The second-order valence-corrected chi connectivity index (χ2v) is 8.18. The van der Waals surface area contributed by atoms with Crippen molar-refractivity contribution in [3.05, 3.63) is 59.2 Å². The Morgan fingerprint density at radius 3 is 2.94 bits per heavy atom. The van der Waals surface area contributed by atoms with E-state index >= 15 is 0 Å². The molecule has 162 valence electrons. The van der Waals surface area contributed by atoms with E-state index in [0.717, 1.165) is 10.9 Å². The van der Waals surface area contributed by atoms with Crippen molar-refractivity contribution in [1.82, 2.24) is 20.7 Å². The van der Waals surface area contributed by atoms with Crippen LogP contribution in [0, 0.1) is 0 Å². The minimum Gasteiger partial charge on any atom is -0.350 e. The molecule has 2 aliphatic heterocycles. The van der Waals surface area contributed by atoms with Crippen molar-refractivity contribution in [2.45, 2.75) is 17.9 Å². The molecule has 11 heteroatoms. The van der Waals surface area contributed by atoms with E-state index in [0.29, 0.717) is 23.5 Å². The number of aryl methyl sites for hydroxylation is 1. The van der Waals surface area contributed by atoms with Gasteiger partial charge >= 0.3 is 0 Å². The maximum absolute atomic E-state index is 13.0. The number of hydroxylamine groups is 1. The number of benzene rings is 2. The summed E-state index contributed by atoms with van der Waals surface area (Å²) >= 11 is 12.7. The lowest BCUT2D eigenvalue weighted by Gasteiger charge is -2.42. The van der Waals surface area contributed by atoms with E-state index in [-0.39, 0.29) is 22.6 Å². The summed E-state index contributed by atoms with van der Waals surface area (Å²) in [6, 6.07) is 12.7. The standard InChI is InChI=1S/C20H20Cl2N6O3/c1-27-9-8-11-4-2-5-12(17(11)27)19(29)24-13-6-3-7-14(16(13)22)28-30-20-18(26-31-28)25-15(21)10-23-20/h2-9,15,18,20,23,25-26H,10H2,1H3,(H,24,29). The summed E-state index contributed by atoms with van der Waals surface area (Å²) < 4.78 is 1.91. The van der Waals surface area contributed by atoms with Crippen LogP contribution in [0.3, 0.4) is 0 Å². The summed E-state index contributed by atoms with van der Waals surface area (Å²) in [5.74, 6) is -0.267. The summed E-state index contributed by atoms with van der Waals surface area (Å²) in [5.41, 5.74) is 4.84. The summed E-state index contributed by atoms with van der Waals surface area (Å²) in [6.45, 7) is 0.521.